The van der Waals surface area contributed by atoms with Crippen LogP contribution in [0.1, 0.15) is 38.3 Å². The molecule has 0 saturated carbocycles. The monoisotopic (exact) mass is 339 g/mol. The van der Waals surface area contributed by atoms with Crippen molar-refractivity contribution in [3.63, 3.8) is 0 Å². The highest BCUT2D eigenvalue weighted by Gasteiger charge is 2.26. The Morgan fingerprint density at radius 3 is 2.40 bits per heavy atom. The first kappa shape index (κ1) is 17.4. The van der Waals surface area contributed by atoms with Gasteiger partial charge in [0.05, 0.1) is 5.69 Å². The van der Waals surface area contributed by atoms with Crippen molar-refractivity contribution in [1.29, 1.82) is 0 Å². The largest absolute Gasteiger partial charge is 0.341 e. The number of benzene rings is 1. The molecule has 0 radical (unpaired) electrons. The summed E-state index contributed by atoms with van der Waals surface area (Å²) in [6.07, 6.45) is 2.04. The first-order valence-corrected chi connectivity index (χ1v) is 8.91. The minimum Gasteiger partial charge on any atom is -0.341 e. The number of rotatable bonds is 3. The molecule has 5 nitrogen and oxygen atoms in total. The van der Waals surface area contributed by atoms with E-state index in [2.05, 4.69) is 12.0 Å². The minimum absolute atomic E-state index is 0.0254. The van der Waals surface area contributed by atoms with Crippen molar-refractivity contribution < 1.29 is 4.79 Å². The van der Waals surface area contributed by atoms with E-state index in [9.17, 15) is 9.59 Å². The average molecular weight is 339 g/mol. The first-order valence-electron chi connectivity index (χ1n) is 8.91. The second-order valence-corrected chi connectivity index (χ2v) is 7.05. The quantitative estimate of drug-likeness (QED) is 0.864. The van der Waals surface area contributed by atoms with Crippen LogP contribution in [0, 0.1) is 12.8 Å². The van der Waals surface area contributed by atoms with Gasteiger partial charge in [-0.25, -0.2) is 4.68 Å². The molecule has 0 aliphatic carbocycles. The number of nitrogens with zero attached hydrogens (tertiary/aromatic N) is 3. The van der Waals surface area contributed by atoms with Gasteiger partial charge in [-0.3, -0.25) is 9.59 Å². The molecule has 1 aliphatic heterocycles. The molecule has 1 aliphatic rings. The fraction of sp³-hybridized carbons (Fsp3) is 0.450. The van der Waals surface area contributed by atoms with Gasteiger partial charge in [0.25, 0.3) is 5.56 Å². The van der Waals surface area contributed by atoms with Gasteiger partial charge in [-0.2, -0.15) is 5.10 Å². The zero-order valence-corrected chi connectivity index (χ0v) is 15.1. The topological polar surface area (TPSA) is 55.2 Å². The van der Waals surface area contributed by atoms with Crippen LogP contribution < -0.4 is 5.56 Å². The molecular formula is C20H25N3O2. The highest BCUT2D eigenvalue weighted by atomic mass is 16.2. The Morgan fingerprint density at radius 1 is 1.12 bits per heavy atom. The number of carbonyl (C=O) groups is 1. The molecule has 0 bridgehead atoms. The Balaban J connectivity index is 1.85. The van der Waals surface area contributed by atoms with E-state index in [1.165, 1.54) is 16.3 Å². The van der Waals surface area contributed by atoms with E-state index in [0.717, 1.165) is 31.5 Å². The Hall–Kier alpha value is -2.43. The van der Waals surface area contributed by atoms with E-state index in [4.69, 9.17) is 0 Å². The average Bonchev–Trinajstić information content (AvgIpc) is 2.62. The molecule has 2 aromatic rings. The third kappa shape index (κ3) is 3.81. The van der Waals surface area contributed by atoms with E-state index in [-0.39, 0.29) is 11.5 Å². The first-order chi connectivity index (χ1) is 12.0. The molecule has 1 amide bonds. The maximum Gasteiger partial charge on any atom is 0.267 e. The molecule has 1 unspecified atom stereocenters. The van der Waals surface area contributed by atoms with Crippen LogP contribution in [0.15, 0.2) is 41.2 Å². The standard InChI is InChI=1S/C20H25N3O2/c1-14-4-6-17(7-5-14)18-8-9-19(24)23(21-18)16(3)20(25)22-12-10-15(2)11-13-22/h4-9,15-16H,10-13H2,1-3H3. The van der Waals surface area contributed by atoms with Gasteiger partial charge in [-0.05, 0) is 38.7 Å². The zero-order valence-electron chi connectivity index (χ0n) is 15.1. The normalized spacial score (nSPS) is 16.7. The van der Waals surface area contributed by atoms with Gasteiger partial charge >= 0.3 is 0 Å². The molecule has 1 fully saturated rings. The number of hydrogen-bond donors (Lipinski definition) is 0. The highest BCUT2D eigenvalue weighted by molar-refractivity contribution is 5.80. The van der Waals surface area contributed by atoms with Gasteiger partial charge in [-0.15, -0.1) is 0 Å². The lowest BCUT2D eigenvalue weighted by atomic mass is 9.99. The number of aryl methyl sites for hydroxylation is 1. The summed E-state index contributed by atoms with van der Waals surface area (Å²) in [5.41, 5.74) is 2.55. The summed E-state index contributed by atoms with van der Waals surface area (Å²) in [6.45, 7) is 7.52. The predicted octanol–water partition coefficient (Wildman–Crippen LogP) is 3.04. The van der Waals surface area contributed by atoms with Crippen LogP contribution in [0.2, 0.25) is 0 Å². The summed E-state index contributed by atoms with van der Waals surface area (Å²) in [7, 11) is 0. The minimum atomic E-state index is -0.591. The maximum absolute atomic E-state index is 12.8. The third-order valence-corrected chi connectivity index (χ3v) is 4.99. The van der Waals surface area contributed by atoms with Crippen LogP contribution in [-0.4, -0.2) is 33.7 Å². The lowest BCUT2D eigenvalue weighted by molar-refractivity contribution is -0.136. The third-order valence-electron chi connectivity index (χ3n) is 4.99. The second-order valence-electron chi connectivity index (χ2n) is 7.05. The lowest BCUT2D eigenvalue weighted by Crippen LogP contribution is -2.43. The van der Waals surface area contributed by atoms with Crippen LogP contribution in [0.25, 0.3) is 11.3 Å². The Labute approximate surface area is 148 Å². The number of carbonyl (C=O) groups excluding carboxylic acids is 1. The molecule has 3 rings (SSSR count). The smallest absolute Gasteiger partial charge is 0.267 e. The number of hydrogen-bond acceptors (Lipinski definition) is 3. The fourth-order valence-corrected chi connectivity index (χ4v) is 3.18. The van der Waals surface area contributed by atoms with Crippen molar-refractivity contribution in [3.05, 3.63) is 52.3 Å². The molecule has 1 aromatic carbocycles. The van der Waals surface area contributed by atoms with Crippen LogP contribution in [-0.2, 0) is 4.79 Å². The van der Waals surface area contributed by atoms with Gasteiger partial charge < -0.3 is 4.90 Å². The van der Waals surface area contributed by atoms with E-state index in [0.29, 0.717) is 11.6 Å². The van der Waals surface area contributed by atoms with Crippen LogP contribution in [0.3, 0.4) is 0 Å². The molecule has 1 aromatic heterocycles. The van der Waals surface area contributed by atoms with Gasteiger partial charge in [0.15, 0.2) is 0 Å². The summed E-state index contributed by atoms with van der Waals surface area (Å²) in [6, 6.07) is 10.6. The molecule has 25 heavy (non-hydrogen) atoms. The fourth-order valence-electron chi connectivity index (χ4n) is 3.18. The number of likely N-dealkylation sites (tertiary alicyclic amines) is 1. The van der Waals surface area contributed by atoms with Crippen molar-refractivity contribution >= 4 is 5.91 Å². The number of amides is 1. The van der Waals surface area contributed by atoms with E-state index < -0.39 is 6.04 Å². The molecule has 0 spiro atoms. The second kappa shape index (κ2) is 7.21. The van der Waals surface area contributed by atoms with E-state index in [1.54, 1.807) is 13.0 Å². The zero-order chi connectivity index (χ0) is 18.0. The molecule has 2 heterocycles. The van der Waals surface area contributed by atoms with E-state index in [1.807, 2.05) is 36.1 Å². The van der Waals surface area contributed by atoms with Crippen LogP contribution in [0.4, 0.5) is 0 Å². The van der Waals surface area contributed by atoms with E-state index >= 15 is 0 Å². The molecular weight excluding hydrogens is 314 g/mol. The summed E-state index contributed by atoms with van der Waals surface area (Å²) in [5.74, 6) is 0.632. The molecule has 0 N–H and O–H groups in total. The van der Waals surface area contributed by atoms with Crippen molar-refractivity contribution in [2.24, 2.45) is 5.92 Å². The highest BCUT2D eigenvalue weighted by Crippen LogP contribution is 2.20. The van der Waals surface area contributed by atoms with Gasteiger partial charge in [0.1, 0.15) is 6.04 Å². The van der Waals surface area contributed by atoms with Crippen LogP contribution >= 0.6 is 0 Å². The van der Waals surface area contributed by atoms with Gasteiger partial charge in [0.2, 0.25) is 5.91 Å². The van der Waals surface area contributed by atoms with Crippen molar-refractivity contribution in [3.8, 4) is 11.3 Å². The van der Waals surface area contributed by atoms with Crippen molar-refractivity contribution in [2.75, 3.05) is 13.1 Å². The van der Waals surface area contributed by atoms with Crippen molar-refractivity contribution in [2.45, 2.75) is 39.7 Å². The summed E-state index contributed by atoms with van der Waals surface area (Å²) in [5, 5.41) is 4.46. The van der Waals surface area contributed by atoms with Crippen molar-refractivity contribution in [1.82, 2.24) is 14.7 Å². The summed E-state index contributed by atoms with van der Waals surface area (Å²) < 4.78 is 1.32. The van der Waals surface area contributed by atoms with Gasteiger partial charge in [-0.1, -0.05) is 36.8 Å². The molecule has 132 valence electrons. The SMILES string of the molecule is Cc1ccc(-c2ccc(=O)n(C(C)C(=O)N3CCC(C)CC3)n2)cc1. The Bertz CT molecular complexity index is 802. The Kier molecular flexibility index (Phi) is 5.02. The summed E-state index contributed by atoms with van der Waals surface area (Å²) >= 11 is 0. The molecule has 1 atom stereocenters. The van der Waals surface area contributed by atoms with Crippen LogP contribution in [0.5, 0.6) is 0 Å². The lowest BCUT2D eigenvalue weighted by Gasteiger charge is -2.32. The summed E-state index contributed by atoms with van der Waals surface area (Å²) in [4.78, 5) is 26.9. The molecule has 1 saturated heterocycles. The van der Waals surface area contributed by atoms with Gasteiger partial charge in [0, 0.05) is 24.7 Å². The predicted molar refractivity (Wildman–Crippen MR) is 98.4 cm³/mol. The number of aromatic nitrogens is 2. The Morgan fingerprint density at radius 2 is 1.76 bits per heavy atom. The number of piperidine rings is 1. The maximum atomic E-state index is 12.8. The molecule has 5 heteroatoms.